The number of urea groups is 1. The topological polar surface area (TPSA) is 76.7 Å². The summed E-state index contributed by atoms with van der Waals surface area (Å²) in [5, 5.41) is 7.08. The number of nitrogens with one attached hydrogen (secondary N) is 2. The van der Waals surface area contributed by atoms with Gasteiger partial charge in [0.2, 0.25) is 0 Å². The summed E-state index contributed by atoms with van der Waals surface area (Å²) in [7, 11) is 1.31. The van der Waals surface area contributed by atoms with Gasteiger partial charge in [-0.1, -0.05) is 0 Å². The first-order chi connectivity index (χ1) is 9.20. The minimum Gasteiger partial charge on any atom is -0.465 e. The Labute approximate surface area is 115 Å². The fourth-order valence-corrected chi connectivity index (χ4v) is 2.60. The van der Waals surface area contributed by atoms with Crippen LogP contribution in [0.5, 0.6) is 0 Å². The standard InChI is InChI=1S/C12H16N2O4S/c1-17-11(15)10-9(4-6-19-10)14-12(16)13-7-8-3-2-5-18-8/h4,6,8H,2-3,5,7H2,1H3,(H2,13,14,16)/t8-/m1/s1. The Morgan fingerprint density at radius 3 is 3.11 bits per heavy atom. The third-order valence-electron chi connectivity index (χ3n) is 2.80. The second kappa shape index (κ2) is 6.53. The summed E-state index contributed by atoms with van der Waals surface area (Å²) in [5.41, 5.74) is 0.460. The molecule has 2 rings (SSSR count). The third kappa shape index (κ3) is 3.68. The Morgan fingerprint density at radius 1 is 1.58 bits per heavy atom. The highest BCUT2D eigenvalue weighted by Gasteiger charge is 2.18. The van der Waals surface area contributed by atoms with E-state index >= 15 is 0 Å². The van der Waals surface area contributed by atoms with E-state index in [-0.39, 0.29) is 12.1 Å². The van der Waals surface area contributed by atoms with Crippen molar-refractivity contribution in [3.05, 3.63) is 16.3 Å². The molecule has 0 spiro atoms. The molecule has 1 saturated heterocycles. The van der Waals surface area contributed by atoms with E-state index in [1.165, 1.54) is 18.4 Å². The summed E-state index contributed by atoms with van der Waals surface area (Å²) in [4.78, 5) is 23.5. The van der Waals surface area contributed by atoms with Crippen molar-refractivity contribution >= 4 is 29.0 Å². The van der Waals surface area contributed by atoms with Gasteiger partial charge in [0, 0.05) is 13.2 Å². The Bertz CT molecular complexity index is 454. The first kappa shape index (κ1) is 13.8. The van der Waals surface area contributed by atoms with Gasteiger partial charge in [0.15, 0.2) is 0 Å². The van der Waals surface area contributed by atoms with E-state index in [0.717, 1.165) is 19.4 Å². The molecular weight excluding hydrogens is 268 g/mol. The van der Waals surface area contributed by atoms with Gasteiger partial charge in [-0.05, 0) is 24.3 Å². The minimum absolute atomic E-state index is 0.0910. The second-order valence-electron chi connectivity index (χ2n) is 4.13. The fraction of sp³-hybridized carbons (Fsp3) is 0.500. The van der Waals surface area contributed by atoms with Crippen molar-refractivity contribution in [2.75, 3.05) is 25.6 Å². The smallest absolute Gasteiger partial charge is 0.350 e. The van der Waals surface area contributed by atoms with Gasteiger partial charge < -0.3 is 20.1 Å². The van der Waals surface area contributed by atoms with Crippen LogP contribution in [-0.4, -0.2) is 38.4 Å². The molecular formula is C12H16N2O4S. The average Bonchev–Trinajstić information content (AvgIpc) is 3.06. The fourth-order valence-electron chi connectivity index (χ4n) is 1.84. The van der Waals surface area contributed by atoms with E-state index in [9.17, 15) is 9.59 Å². The number of esters is 1. The monoisotopic (exact) mass is 284 g/mol. The Hall–Kier alpha value is -1.60. The van der Waals surface area contributed by atoms with Crippen LogP contribution in [-0.2, 0) is 9.47 Å². The summed E-state index contributed by atoms with van der Waals surface area (Å²) >= 11 is 1.23. The first-order valence-corrected chi connectivity index (χ1v) is 6.91. The number of anilines is 1. The number of thiophene rings is 1. The van der Waals surface area contributed by atoms with E-state index in [2.05, 4.69) is 15.4 Å². The number of hydrogen-bond donors (Lipinski definition) is 2. The first-order valence-electron chi connectivity index (χ1n) is 6.03. The average molecular weight is 284 g/mol. The predicted octanol–water partition coefficient (Wildman–Crippen LogP) is 1.84. The number of amides is 2. The summed E-state index contributed by atoms with van der Waals surface area (Å²) in [6.07, 6.45) is 2.09. The SMILES string of the molecule is COC(=O)c1sccc1NC(=O)NC[C@H]1CCCO1. The lowest BCUT2D eigenvalue weighted by molar-refractivity contribution is 0.0607. The molecule has 0 aliphatic carbocycles. The molecule has 1 aromatic rings. The zero-order valence-electron chi connectivity index (χ0n) is 10.6. The van der Waals surface area contributed by atoms with Gasteiger partial charge in [0.1, 0.15) is 4.88 Å². The zero-order chi connectivity index (χ0) is 13.7. The summed E-state index contributed by atoms with van der Waals surface area (Å²) < 4.78 is 10.0. The number of hydrogen-bond acceptors (Lipinski definition) is 5. The number of carbonyl (C=O) groups is 2. The molecule has 0 radical (unpaired) electrons. The molecule has 2 amide bonds. The largest absolute Gasteiger partial charge is 0.465 e. The zero-order valence-corrected chi connectivity index (χ0v) is 11.4. The molecule has 0 bridgehead atoms. The number of rotatable bonds is 4. The molecule has 0 unspecified atom stereocenters. The Kier molecular flexibility index (Phi) is 4.75. The second-order valence-corrected chi connectivity index (χ2v) is 5.04. The molecule has 19 heavy (non-hydrogen) atoms. The maximum atomic E-state index is 11.7. The van der Waals surface area contributed by atoms with E-state index in [1.54, 1.807) is 11.4 Å². The maximum absolute atomic E-state index is 11.7. The maximum Gasteiger partial charge on any atom is 0.350 e. The van der Waals surface area contributed by atoms with E-state index in [0.29, 0.717) is 17.1 Å². The highest BCUT2D eigenvalue weighted by Crippen LogP contribution is 2.22. The van der Waals surface area contributed by atoms with Crippen LogP contribution in [0.4, 0.5) is 10.5 Å². The van der Waals surface area contributed by atoms with Crippen LogP contribution in [0.3, 0.4) is 0 Å². The van der Waals surface area contributed by atoms with Crippen molar-refractivity contribution in [3.8, 4) is 0 Å². The van der Waals surface area contributed by atoms with Gasteiger partial charge >= 0.3 is 12.0 Å². The van der Waals surface area contributed by atoms with Crippen molar-refractivity contribution in [1.29, 1.82) is 0 Å². The molecule has 7 heteroatoms. The van der Waals surface area contributed by atoms with Crippen LogP contribution in [0, 0.1) is 0 Å². The molecule has 6 nitrogen and oxygen atoms in total. The van der Waals surface area contributed by atoms with Crippen molar-refractivity contribution in [1.82, 2.24) is 5.32 Å². The molecule has 1 aliphatic heterocycles. The van der Waals surface area contributed by atoms with Gasteiger partial charge in [-0.15, -0.1) is 11.3 Å². The molecule has 1 aliphatic rings. The summed E-state index contributed by atoms with van der Waals surface area (Å²) in [5.74, 6) is -0.454. The molecule has 0 saturated carbocycles. The van der Waals surface area contributed by atoms with E-state index in [1.807, 2.05) is 0 Å². The Morgan fingerprint density at radius 2 is 2.42 bits per heavy atom. The lowest BCUT2D eigenvalue weighted by Crippen LogP contribution is -2.35. The van der Waals surface area contributed by atoms with Crippen molar-refractivity contribution in [3.63, 3.8) is 0 Å². The van der Waals surface area contributed by atoms with Crippen LogP contribution >= 0.6 is 11.3 Å². The number of carbonyl (C=O) groups excluding carboxylic acids is 2. The van der Waals surface area contributed by atoms with Crippen LogP contribution in [0.1, 0.15) is 22.5 Å². The number of methoxy groups -OCH3 is 1. The normalized spacial score (nSPS) is 18.1. The van der Waals surface area contributed by atoms with E-state index in [4.69, 9.17) is 4.74 Å². The molecule has 2 heterocycles. The highest BCUT2D eigenvalue weighted by molar-refractivity contribution is 7.12. The summed E-state index contributed by atoms with van der Waals surface area (Å²) in [6.45, 7) is 1.23. The molecule has 1 aromatic heterocycles. The third-order valence-corrected chi connectivity index (χ3v) is 3.69. The molecule has 104 valence electrons. The predicted molar refractivity (Wildman–Crippen MR) is 71.7 cm³/mol. The molecule has 1 atom stereocenters. The van der Waals surface area contributed by atoms with Crippen molar-refractivity contribution in [2.24, 2.45) is 0 Å². The number of ether oxygens (including phenoxy) is 2. The minimum atomic E-state index is -0.454. The van der Waals surface area contributed by atoms with Crippen LogP contribution < -0.4 is 10.6 Å². The molecule has 1 fully saturated rings. The van der Waals surface area contributed by atoms with Gasteiger partial charge in [-0.25, -0.2) is 9.59 Å². The van der Waals surface area contributed by atoms with Gasteiger partial charge in [-0.3, -0.25) is 0 Å². The summed E-state index contributed by atoms with van der Waals surface area (Å²) in [6, 6.07) is 1.32. The molecule has 0 aromatic carbocycles. The van der Waals surface area contributed by atoms with Crippen LogP contribution in [0.2, 0.25) is 0 Å². The van der Waals surface area contributed by atoms with Crippen molar-refractivity contribution in [2.45, 2.75) is 18.9 Å². The van der Waals surface area contributed by atoms with Gasteiger partial charge in [0.25, 0.3) is 0 Å². The van der Waals surface area contributed by atoms with Crippen LogP contribution in [0.15, 0.2) is 11.4 Å². The van der Waals surface area contributed by atoms with Crippen molar-refractivity contribution < 1.29 is 19.1 Å². The lowest BCUT2D eigenvalue weighted by atomic mass is 10.2. The Balaban J connectivity index is 1.84. The highest BCUT2D eigenvalue weighted by atomic mass is 32.1. The van der Waals surface area contributed by atoms with Gasteiger partial charge in [0.05, 0.1) is 18.9 Å². The van der Waals surface area contributed by atoms with Crippen LogP contribution in [0.25, 0.3) is 0 Å². The molecule has 2 N–H and O–H groups in total. The quantitative estimate of drug-likeness (QED) is 0.827. The van der Waals surface area contributed by atoms with E-state index < -0.39 is 5.97 Å². The van der Waals surface area contributed by atoms with Gasteiger partial charge in [-0.2, -0.15) is 0 Å². The lowest BCUT2D eigenvalue weighted by Gasteiger charge is -2.11.